The van der Waals surface area contributed by atoms with Crippen LogP contribution >= 0.6 is 24.0 Å². The third-order valence-corrected chi connectivity index (χ3v) is 5.81. The molecule has 1 fully saturated rings. The topological polar surface area (TPSA) is 83.0 Å². The van der Waals surface area contributed by atoms with Gasteiger partial charge in [-0.25, -0.2) is 13.4 Å². The lowest BCUT2D eigenvalue weighted by Gasteiger charge is -2.16. The van der Waals surface area contributed by atoms with Crippen LogP contribution in [0, 0.1) is 0 Å². The number of guanidine groups is 1. The molecule has 1 saturated heterocycles. The molecule has 1 aromatic carbocycles. The first-order valence-electron chi connectivity index (χ1n) is 8.99. The minimum atomic E-state index is -2.91. The van der Waals surface area contributed by atoms with E-state index >= 15 is 0 Å². The standard InChI is InChI=1S/C18H30N4O3S.HI/c1-4-19-18(21-16-8-11-26(23,24)14-16)20-13-15-6-5-7-17(12-15)25-10-9-22(2)3;/h5-7,12,16H,4,8-11,13-14H2,1-3H3,(H2,19,20,21);1H. The lowest BCUT2D eigenvalue weighted by atomic mass is 10.2. The highest BCUT2D eigenvalue weighted by atomic mass is 127. The Bertz CT molecular complexity index is 710. The summed E-state index contributed by atoms with van der Waals surface area (Å²) in [5.41, 5.74) is 1.04. The fourth-order valence-electron chi connectivity index (χ4n) is 2.67. The third-order valence-electron chi connectivity index (χ3n) is 4.04. The molecule has 1 aliphatic heterocycles. The van der Waals surface area contributed by atoms with E-state index < -0.39 is 9.84 Å². The van der Waals surface area contributed by atoms with Crippen LogP contribution in [0.1, 0.15) is 18.9 Å². The second-order valence-electron chi connectivity index (χ2n) is 6.74. The minimum Gasteiger partial charge on any atom is -0.492 e. The van der Waals surface area contributed by atoms with Gasteiger partial charge in [0.25, 0.3) is 0 Å². The molecular formula is C18H31IN4O3S. The van der Waals surface area contributed by atoms with E-state index in [4.69, 9.17) is 4.74 Å². The maximum absolute atomic E-state index is 11.6. The molecule has 0 radical (unpaired) electrons. The summed E-state index contributed by atoms with van der Waals surface area (Å²) in [6, 6.07) is 7.82. The molecule has 1 aliphatic rings. The smallest absolute Gasteiger partial charge is 0.191 e. The van der Waals surface area contributed by atoms with Crippen LogP contribution in [0.4, 0.5) is 0 Å². The number of hydrogen-bond acceptors (Lipinski definition) is 5. The Morgan fingerprint density at radius 2 is 2.15 bits per heavy atom. The molecule has 0 saturated carbocycles. The fraction of sp³-hybridized carbons (Fsp3) is 0.611. The summed E-state index contributed by atoms with van der Waals surface area (Å²) < 4.78 is 29.0. The van der Waals surface area contributed by atoms with Crippen LogP contribution in [-0.4, -0.2) is 70.6 Å². The average Bonchev–Trinajstić information content (AvgIpc) is 2.91. The van der Waals surface area contributed by atoms with Gasteiger partial charge in [-0.2, -0.15) is 0 Å². The van der Waals surface area contributed by atoms with Gasteiger partial charge in [0.1, 0.15) is 12.4 Å². The Labute approximate surface area is 179 Å². The molecule has 1 unspecified atom stereocenters. The number of sulfone groups is 1. The van der Waals surface area contributed by atoms with Crippen molar-refractivity contribution in [3.8, 4) is 5.75 Å². The van der Waals surface area contributed by atoms with Crippen LogP contribution in [0.25, 0.3) is 0 Å². The zero-order valence-corrected chi connectivity index (χ0v) is 19.4. The summed E-state index contributed by atoms with van der Waals surface area (Å²) in [5, 5.41) is 6.40. The molecule has 2 rings (SSSR count). The number of benzene rings is 1. The first-order valence-corrected chi connectivity index (χ1v) is 10.8. The molecule has 27 heavy (non-hydrogen) atoms. The number of nitrogens with one attached hydrogen (secondary N) is 2. The van der Waals surface area contributed by atoms with E-state index in [9.17, 15) is 8.42 Å². The van der Waals surface area contributed by atoms with E-state index in [-0.39, 0.29) is 41.5 Å². The van der Waals surface area contributed by atoms with Crippen molar-refractivity contribution in [1.82, 2.24) is 15.5 Å². The number of aliphatic imine (C=N–C) groups is 1. The lowest BCUT2D eigenvalue weighted by Crippen LogP contribution is -2.44. The van der Waals surface area contributed by atoms with Crippen molar-refractivity contribution in [2.75, 3.05) is 45.3 Å². The van der Waals surface area contributed by atoms with Gasteiger partial charge in [-0.1, -0.05) is 12.1 Å². The molecular weight excluding hydrogens is 479 g/mol. The fourth-order valence-corrected chi connectivity index (χ4v) is 4.35. The number of ether oxygens (including phenoxy) is 1. The number of hydrogen-bond donors (Lipinski definition) is 2. The van der Waals surface area contributed by atoms with Crippen molar-refractivity contribution in [3.63, 3.8) is 0 Å². The number of halogens is 1. The third kappa shape index (κ3) is 9.11. The maximum Gasteiger partial charge on any atom is 0.191 e. The predicted molar refractivity (Wildman–Crippen MR) is 121 cm³/mol. The zero-order chi connectivity index (χ0) is 19.0. The lowest BCUT2D eigenvalue weighted by molar-refractivity contribution is 0.261. The van der Waals surface area contributed by atoms with Crippen LogP contribution in [0.2, 0.25) is 0 Å². The van der Waals surface area contributed by atoms with Gasteiger partial charge in [0, 0.05) is 19.1 Å². The molecule has 1 atom stereocenters. The molecule has 0 bridgehead atoms. The summed E-state index contributed by atoms with van der Waals surface area (Å²) >= 11 is 0. The normalized spacial score (nSPS) is 18.8. The molecule has 0 spiro atoms. The van der Waals surface area contributed by atoms with Gasteiger partial charge in [-0.15, -0.1) is 24.0 Å². The van der Waals surface area contributed by atoms with E-state index in [2.05, 4.69) is 20.5 Å². The van der Waals surface area contributed by atoms with Crippen LogP contribution < -0.4 is 15.4 Å². The van der Waals surface area contributed by atoms with E-state index in [1.165, 1.54) is 0 Å². The van der Waals surface area contributed by atoms with Gasteiger partial charge in [0.05, 0.1) is 18.1 Å². The quantitative estimate of drug-likeness (QED) is 0.314. The molecule has 9 heteroatoms. The largest absolute Gasteiger partial charge is 0.492 e. The summed E-state index contributed by atoms with van der Waals surface area (Å²) in [6.45, 7) is 4.71. The Morgan fingerprint density at radius 3 is 2.78 bits per heavy atom. The molecule has 1 heterocycles. The Morgan fingerprint density at radius 1 is 1.37 bits per heavy atom. The first-order chi connectivity index (χ1) is 12.4. The molecule has 7 nitrogen and oxygen atoms in total. The number of nitrogens with zero attached hydrogens (tertiary/aromatic N) is 2. The van der Waals surface area contributed by atoms with E-state index in [0.717, 1.165) is 24.4 Å². The van der Waals surface area contributed by atoms with Crippen LogP contribution in [0.5, 0.6) is 5.75 Å². The van der Waals surface area contributed by atoms with Crippen LogP contribution in [0.15, 0.2) is 29.3 Å². The number of likely N-dealkylation sites (N-methyl/N-ethyl adjacent to an activating group) is 1. The number of rotatable bonds is 8. The van der Waals surface area contributed by atoms with Gasteiger partial charge >= 0.3 is 0 Å². The van der Waals surface area contributed by atoms with Gasteiger partial charge in [-0.3, -0.25) is 0 Å². The second-order valence-corrected chi connectivity index (χ2v) is 8.97. The van der Waals surface area contributed by atoms with Crippen molar-refractivity contribution in [2.24, 2.45) is 4.99 Å². The molecule has 0 aliphatic carbocycles. The Balaban J connectivity index is 0.00000364. The Hall–Kier alpha value is -1.07. The second kappa shape index (κ2) is 11.7. The monoisotopic (exact) mass is 510 g/mol. The minimum absolute atomic E-state index is 0. The van der Waals surface area contributed by atoms with Gasteiger partial charge in [0.2, 0.25) is 0 Å². The zero-order valence-electron chi connectivity index (χ0n) is 16.3. The van der Waals surface area contributed by atoms with Gasteiger partial charge in [-0.05, 0) is 45.1 Å². The molecule has 0 amide bonds. The highest BCUT2D eigenvalue weighted by Crippen LogP contribution is 2.14. The maximum atomic E-state index is 11.6. The SMILES string of the molecule is CCNC(=NCc1cccc(OCCN(C)C)c1)NC1CCS(=O)(=O)C1.I. The Kier molecular flexibility index (Phi) is 10.4. The predicted octanol–water partition coefficient (Wildman–Crippen LogP) is 1.49. The molecule has 2 N–H and O–H groups in total. The molecule has 1 aromatic rings. The average molecular weight is 510 g/mol. The van der Waals surface area contributed by atoms with E-state index in [1.54, 1.807) is 0 Å². The van der Waals surface area contributed by atoms with Crippen molar-refractivity contribution in [1.29, 1.82) is 0 Å². The van der Waals surface area contributed by atoms with Crippen LogP contribution in [-0.2, 0) is 16.4 Å². The summed E-state index contributed by atoms with van der Waals surface area (Å²) in [4.78, 5) is 6.66. The highest BCUT2D eigenvalue weighted by molar-refractivity contribution is 14.0. The first kappa shape index (κ1) is 24.0. The van der Waals surface area contributed by atoms with Crippen molar-refractivity contribution in [3.05, 3.63) is 29.8 Å². The summed E-state index contributed by atoms with van der Waals surface area (Å²) in [6.07, 6.45) is 0.627. The van der Waals surface area contributed by atoms with Gasteiger partial charge in [0.15, 0.2) is 15.8 Å². The molecule has 154 valence electrons. The summed E-state index contributed by atoms with van der Waals surface area (Å²) in [5.74, 6) is 1.90. The van der Waals surface area contributed by atoms with E-state index in [1.807, 2.05) is 45.3 Å². The molecule has 0 aromatic heterocycles. The van der Waals surface area contributed by atoms with E-state index in [0.29, 0.717) is 25.5 Å². The summed E-state index contributed by atoms with van der Waals surface area (Å²) in [7, 11) is 1.12. The van der Waals surface area contributed by atoms with Crippen molar-refractivity contribution < 1.29 is 13.2 Å². The van der Waals surface area contributed by atoms with Crippen molar-refractivity contribution >= 4 is 39.8 Å². The van der Waals surface area contributed by atoms with Crippen molar-refractivity contribution in [2.45, 2.75) is 25.9 Å². The highest BCUT2D eigenvalue weighted by Gasteiger charge is 2.28. The van der Waals surface area contributed by atoms with Crippen LogP contribution in [0.3, 0.4) is 0 Å². The van der Waals surface area contributed by atoms with Gasteiger partial charge < -0.3 is 20.3 Å².